The third-order valence-corrected chi connectivity index (χ3v) is 8.73. The van der Waals surface area contributed by atoms with E-state index in [9.17, 15) is 9.59 Å². The van der Waals surface area contributed by atoms with Gasteiger partial charge in [-0.25, -0.2) is 0 Å². The van der Waals surface area contributed by atoms with Crippen molar-refractivity contribution in [2.75, 3.05) is 26.4 Å². The van der Waals surface area contributed by atoms with Gasteiger partial charge in [0.25, 0.3) is 0 Å². The lowest BCUT2D eigenvalue weighted by atomic mass is 9.67. The molecular weight excluding hydrogens is 528 g/mol. The van der Waals surface area contributed by atoms with E-state index in [0.717, 1.165) is 51.4 Å². The highest BCUT2D eigenvalue weighted by atomic mass is 16.6. The fourth-order valence-corrected chi connectivity index (χ4v) is 6.16. The van der Waals surface area contributed by atoms with E-state index in [2.05, 4.69) is 74.5 Å². The second kappa shape index (κ2) is 17.4. The molecule has 0 radical (unpaired) electrons. The minimum absolute atomic E-state index is 0.108. The van der Waals surface area contributed by atoms with E-state index in [1.807, 2.05) is 0 Å². The average Bonchev–Trinajstić information content (AvgIpc) is 3.94. The molecule has 4 rings (SSSR count). The van der Waals surface area contributed by atoms with Crippen LogP contribution in [0.3, 0.4) is 0 Å². The Morgan fingerprint density at radius 2 is 1.02 bits per heavy atom. The van der Waals surface area contributed by atoms with Gasteiger partial charge in [0.1, 0.15) is 25.4 Å². The summed E-state index contributed by atoms with van der Waals surface area (Å²) in [4.78, 5) is 24.0. The first-order chi connectivity index (χ1) is 20.5. The summed E-state index contributed by atoms with van der Waals surface area (Å²) in [6.45, 7) is 7.03. The van der Waals surface area contributed by atoms with Crippen molar-refractivity contribution in [3.8, 4) is 0 Å². The Morgan fingerprint density at radius 3 is 1.38 bits per heavy atom. The van der Waals surface area contributed by atoms with Crippen LogP contribution in [0.25, 0.3) is 0 Å². The zero-order chi connectivity index (χ0) is 29.6. The molecule has 6 atom stereocenters. The molecule has 0 saturated carbocycles. The monoisotopic (exact) mass is 578 g/mol. The summed E-state index contributed by atoms with van der Waals surface area (Å²) in [5.41, 5.74) is 2.80. The van der Waals surface area contributed by atoms with Gasteiger partial charge in [0.15, 0.2) is 0 Å². The molecule has 2 fully saturated rings. The van der Waals surface area contributed by atoms with Crippen molar-refractivity contribution in [1.82, 2.24) is 0 Å². The third-order valence-electron chi connectivity index (χ3n) is 8.73. The van der Waals surface area contributed by atoms with Gasteiger partial charge in [0, 0.05) is 12.8 Å². The third kappa shape index (κ3) is 11.5. The second-order valence-corrected chi connectivity index (χ2v) is 12.3. The molecule has 0 aromatic heterocycles. The molecule has 230 valence electrons. The van der Waals surface area contributed by atoms with E-state index in [1.54, 1.807) is 0 Å². The molecule has 2 aliphatic heterocycles. The summed E-state index contributed by atoms with van der Waals surface area (Å²) in [5, 5.41) is 0. The highest BCUT2D eigenvalue weighted by Crippen LogP contribution is 2.46. The summed E-state index contributed by atoms with van der Waals surface area (Å²) in [6.07, 6.45) is 9.46. The van der Waals surface area contributed by atoms with Crippen LogP contribution in [-0.2, 0) is 28.5 Å². The summed E-state index contributed by atoms with van der Waals surface area (Å²) >= 11 is 0. The minimum Gasteiger partial charge on any atom is -0.463 e. The zero-order valence-corrected chi connectivity index (χ0v) is 25.6. The number of ether oxygens (including phenoxy) is 4. The van der Waals surface area contributed by atoms with Crippen LogP contribution in [0, 0.1) is 11.8 Å². The van der Waals surface area contributed by atoms with Crippen LogP contribution in [0.5, 0.6) is 0 Å². The molecule has 2 aromatic rings. The number of carbonyl (C=O) groups is 2. The number of hydrogen-bond donors (Lipinski definition) is 0. The van der Waals surface area contributed by atoms with Gasteiger partial charge in [0.2, 0.25) is 0 Å². The van der Waals surface area contributed by atoms with Gasteiger partial charge in [-0.1, -0.05) is 113 Å². The molecule has 42 heavy (non-hydrogen) atoms. The first kappa shape index (κ1) is 32.2. The van der Waals surface area contributed by atoms with E-state index in [0.29, 0.717) is 62.9 Å². The molecule has 0 amide bonds. The Labute approximate surface area is 252 Å². The molecule has 2 aliphatic rings. The molecule has 2 saturated heterocycles. The van der Waals surface area contributed by atoms with Gasteiger partial charge >= 0.3 is 11.9 Å². The number of esters is 2. The fourth-order valence-electron chi connectivity index (χ4n) is 6.16. The summed E-state index contributed by atoms with van der Waals surface area (Å²) < 4.78 is 20.8. The lowest BCUT2D eigenvalue weighted by molar-refractivity contribution is -0.145. The predicted octanol–water partition coefficient (Wildman–Crippen LogP) is 7.61. The quantitative estimate of drug-likeness (QED) is 0.0862. The van der Waals surface area contributed by atoms with E-state index in [1.165, 1.54) is 11.1 Å². The smallest absolute Gasteiger partial charge is 0.305 e. The Kier molecular flexibility index (Phi) is 13.4. The molecule has 2 aromatic carbocycles. The largest absolute Gasteiger partial charge is 0.463 e. The Bertz CT molecular complexity index is 964. The number of unbranched alkanes of at least 4 members (excludes halogenated alkanes) is 4. The van der Waals surface area contributed by atoms with Gasteiger partial charge in [-0.15, -0.1) is 0 Å². The van der Waals surface area contributed by atoms with E-state index < -0.39 is 0 Å². The molecule has 0 bridgehead atoms. The van der Waals surface area contributed by atoms with Crippen LogP contribution in [-0.4, -0.2) is 50.6 Å². The summed E-state index contributed by atoms with van der Waals surface area (Å²) in [5.74, 6) is 1.55. The Hall–Kier alpha value is -2.70. The van der Waals surface area contributed by atoms with Crippen LogP contribution in [0.15, 0.2) is 60.7 Å². The zero-order valence-electron chi connectivity index (χ0n) is 25.6. The highest BCUT2D eigenvalue weighted by molar-refractivity contribution is 5.69. The normalized spacial score (nSPS) is 20.2. The lowest BCUT2D eigenvalue weighted by Crippen LogP contribution is -2.24. The van der Waals surface area contributed by atoms with Crippen molar-refractivity contribution >= 4 is 11.9 Å². The van der Waals surface area contributed by atoms with Crippen LogP contribution >= 0.6 is 0 Å². The van der Waals surface area contributed by atoms with E-state index >= 15 is 0 Å². The first-order valence-electron chi connectivity index (χ1n) is 16.2. The molecular formula is C36H50O6. The Morgan fingerprint density at radius 1 is 0.643 bits per heavy atom. The standard InChI is InChI=1S/C36H50O6/c1-27(15-7-3-13-21-33(37)41-25-31-23-39-31)35(29-17-9-5-10-18-29)36(30-19-11-6-12-20-30)28(2)16-8-4-14-22-34(38)42-26-32-24-40-32/h5-6,9-12,17-20,27-28,31-32,35-36H,3-4,7-8,13-16,21-26H2,1-2H3. The van der Waals surface area contributed by atoms with Gasteiger partial charge in [-0.3, -0.25) is 9.59 Å². The average molecular weight is 579 g/mol. The van der Waals surface area contributed by atoms with Crippen LogP contribution in [0.1, 0.15) is 101 Å². The van der Waals surface area contributed by atoms with Crippen LogP contribution in [0.2, 0.25) is 0 Å². The summed E-state index contributed by atoms with van der Waals surface area (Å²) in [7, 11) is 0. The number of carbonyl (C=O) groups excluding carboxylic acids is 2. The maximum absolute atomic E-state index is 12.0. The van der Waals surface area contributed by atoms with Crippen molar-refractivity contribution < 1.29 is 28.5 Å². The first-order valence-corrected chi connectivity index (χ1v) is 16.2. The maximum Gasteiger partial charge on any atom is 0.305 e. The molecule has 0 spiro atoms. The minimum atomic E-state index is -0.108. The topological polar surface area (TPSA) is 77.7 Å². The molecule has 6 unspecified atom stereocenters. The number of epoxide rings is 2. The number of hydrogen-bond acceptors (Lipinski definition) is 6. The van der Waals surface area contributed by atoms with Gasteiger partial charge < -0.3 is 18.9 Å². The number of rotatable bonds is 21. The van der Waals surface area contributed by atoms with Gasteiger partial charge in [-0.05, 0) is 47.6 Å². The SMILES string of the molecule is CC(CCCCCC(=O)OCC1CO1)C(c1ccccc1)C(c1ccccc1)C(C)CCCCCC(=O)OCC1CO1. The molecule has 0 N–H and O–H groups in total. The summed E-state index contributed by atoms with van der Waals surface area (Å²) in [6, 6.07) is 22.0. The molecule has 0 aliphatic carbocycles. The van der Waals surface area contributed by atoms with Crippen molar-refractivity contribution in [2.45, 2.75) is 102 Å². The van der Waals surface area contributed by atoms with Crippen molar-refractivity contribution in [2.24, 2.45) is 11.8 Å². The van der Waals surface area contributed by atoms with Crippen molar-refractivity contribution in [3.05, 3.63) is 71.8 Å². The van der Waals surface area contributed by atoms with Crippen LogP contribution in [0.4, 0.5) is 0 Å². The molecule has 2 heterocycles. The maximum atomic E-state index is 12.0. The molecule has 6 heteroatoms. The lowest BCUT2D eigenvalue weighted by Gasteiger charge is -2.37. The highest BCUT2D eigenvalue weighted by Gasteiger charge is 2.33. The fraction of sp³-hybridized carbons (Fsp3) is 0.611. The van der Waals surface area contributed by atoms with Crippen molar-refractivity contribution in [1.29, 1.82) is 0 Å². The number of benzene rings is 2. The second-order valence-electron chi connectivity index (χ2n) is 12.3. The van der Waals surface area contributed by atoms with Gasteiger partial charge in [0.05, 0.1) is 13.2 Å². The van der Waals surface area contributed by atoms with E-state index in [-0.39, 0.29) is 24.1 Å². The van der Waals surface area contributed by atoms with E-state index in [4.69, 9.17) is 18.9 Å². The van der Waals surface area contributed by atoms with Gasteiger partial charge in [-0.2, -0.15) is 0 Å². The Balaban J connectivity index is 1.31. The van der Waals surface area contributed by atoms with Crippen molar-refractivity contribution in [3.63, 3.8) is 0 Å². The van der Waals surface area contributed by atoms with Crippen LogP contribution < -0.4 is 0 Å². The molecule has 6 nitrogen and oxygen atoms in total. The predicted molar refractivity (Wildman–Crippen MR) is 164 cm³/mol.